The molecule has 0 radical (unpaired) electrons. The van der Waals surface area contributed by atoms with Crippen molar-refractivity contribution in [3.63, 3.8) is 0 Å². The van der Waals surface area contributed by atoms with Crippen molar-refractivity contribution in [3.8, 4) is 0 Å². The summed E-state index contributed by atoms with van der Waals surface area (Å²) in [6.07, 6.45) is 0.624. The van der Waals surface area contributed by atoms with E-state index in [1.165, 1.54) is 0 Å². The van der Waals surface area contributed by atoms with E-state index in [1.807, 2.05) is 6.92 Å². The predicted octanol–water partition coefficient (Wildman–Crippen LogP) is 1.58. The number of nitrogens with one attached hydrogen (secondary N) is 2. The van der Waals surface area contributed by atoms with Crippen molar-refractivity contribution < 1.29 is 13.6 Å². The second-order valence-corrected chi connectivity index (χ2v) is 3.88. The third-order valence-corrected chi connectivity index (χ3v) is 2.52. The second kappa shape index (κ2) is 5.55. The lowest BCUT2D eigenvalue weighted by atomic mass is 10.2. The van der Waals surface area contributed by atoms with Crippen LogP contribution in [0.25, 0.3) is 0 Å². The third-order valence-electron chi connectivity index (χ3n) is 2.52. The molecule has 0 spiro atoms. The van der Waals surface area contributed by atoms with Gasteiger partial charge in [-0.1, -0.05) is 6.92 Å². The molecule has 0 bridgehead atoms. The summed E-state index contributed by atoms with van der Waals surface area (Å²) in [5, 5.41) is 8.75. The highest BCUT2D eigenvalue weighted by molar-refractivity contribution is 5.90. The zero-order valence-electron chi connectivity index (χ0n) is 10.2. The van der Waals surface area contributed by atoms with Crippen molar-refractivity contribution in [2.45, 2.75) is 19.9 Å². The van der Waals surface area contributed by atoms with Crippen molar-refractivity contribution in [1.82, 2.24) is 20.5 Å². The Kier molecular flexibility index (Phi) is 3.84. The number of carbonyl (C=O) groups is 1. The van der Waals surface area contributed by atoms with Gasteiger partial charge in [0.15, 0.2) is 0 Å². The zero-order valence-corrected chi connectivity index (χ0v) is 10.2. The molecule has 0 aliphatic carbocycles. The van der Waals surface area contributed by atoms with Crippen molar-refractivity contribution >= 4 is 5.91 Å². The fourth-order valence-corrected chi connectivity index (χ4v) is 1.49. The van der Waals surface area contributed by atoms with E-state index in [1.54, 1.807) is 0 Å². The fourth-order valence-electron chi connectivity index (χ4n) is 1.49. The first-order valence-corrected chi connectivity index (χ1v) is 5.73. The molecule has 7 heteroatoms. The van der Waals surface area contributed by atoms with E-state index >= 15 is 0 Å². The van der Waals surface area contributed by atoms with Crippen LogP contribution in [0.3, 0.4) is 0 Å². The van der Waals surface area contributed by atoms with E-state index in [9.17, 15) is 13.6 Å². The molecule has 0 fully saturated rings. The van der Waals surface area contributed by atoms with E-state index in [4.69, 9.17) is 0 Å². The normalized spacial score (nSPS) is 10.5. The zero-order chi connectivity index (χ0) is 13.8. The number of nitrogens with zero attached hydrogens (tertiary/aromatic N) is 2. The molecule has 1 aromatic carbocycles. The first kappa shape index (κ1) is 13.1. The number of H-pyrrole nitrogens is 1. The predicted molar refractivity (Wildman–Crippen MR) is 63.3 cm³/mol. The molecule has 2 rings (SSSR count). The van der Waals surface area contributed by atoms with Gasteiger partial charge in [-0.15, -0.1) is 5.10 Å². The number of rotatable bonds is 4. The van der Waals surface area contributed by atoms with Gasteiger partial charge in [0, 0.05) is 18.5 Å². The number of halogens is 2. The molecule has 0 saturated heterocycles. The summed E-state index contributed by atoms with van der Waals surface area (Å²) in [5.41, 5.74) is 0.0691. The molecular weight excluding hydrogens is 254 g/mol. The Balaban J connectivity index is 2.02. The van der Waals surface area contributed by atoms with Gasteiger partial charge >= 0.3 is 0 Å². The summed E-state index contributed by atoms with van der Waals surface area (Å²) in [4.78, 5) is 15.6. The quantitative estimate of drug-likeness (QED) is 0.882. The molecule has 100 valence electrons. The van der Waals surface area contributed by atoms with Crippen LogP contribution < -0.4 is 5.32 Å². The summed E-state index contributed by atoms with van der Waals surface area (Å²) < 4.78 is 26.3. The van der Waals surface area contributed by atoms with Crippen LogP contribution in [0.5, 0.6) is 0 Å². The first-order valence-electron chi connectivity index (χ1n) is 5.73. The Hall–Kier alpha value is -2.31. The Bertz CT molecular complexity index is 597. The van der Waals surface area contributed by atoms with Gasteiger partial charge in [0.1, 0.15) is 17.5 Å². The summed E-state index contributed by atoms with van der Waals surface area (Å²) in [5.74, 6) is -1.11. The largest absolute Gasteiger partial charge is 0.345 e. The molecule has 1 aromatic heterocycles. The van der Waals surface area contributed by atoms with Crippen molar-refractivity contribution in [3.05, 3.63) is 47.0 Å². The second-order valence-electron chi connectivity index (χ2n) is 3.88. The highest BCUT2D eigenvalue weighted by Crippen LogP contribution is 2.09. The van der Waals surface area contributed by atoms with Crippen LogP contribution in [-0.4, -0.2) is 21.1 Å². The molecule has 0 aliphatic heterocycles. The molecule has 0 unspecified atom stereocenters. The molecule has 2 aromatic rings. The molecule has 1 amide bonds. The number of aryl methyl sites for hydroxylation is 1. The molecule has 0 atom stereocenters. The fraction of sp³-hybridized carbons (Fsp3) is 0.250. The summed E-state index contributed by atoms with van der Waals surface area (Å²) >= 11 is 0. The van der Waals surface area contributed by atoms with E-state index in [0.717, 1.165) is 18.2 Å². The smallest absolute Gasteiger partial charge is 0.291 e. The number of amides is 1. The maximum atomic E-state index is 13.3. The Morgan fingerprint density at radius 2 is 2.21 bits per heavy atom. The van der Waals surface area contributed by atoms with E-state index in [-0.39, 0.29) is 17.9 Å². The van der Waals surface area contributed by atoms with Crippen molar-refractivity contribution in [2.75, 3.05) is 0 Å². The standard InChI is InChI=1S/C12H12F2N4O/c1-2-10-16-11(18-17-10)12(19)15-6-7-5-8(13)3-4-9(7)14/h3-5H,2,6H2,1H3,(H,15,19)(H,16,17,18). The highest BCUT2D eigenvalue weighted by atomic mass is 19.1. The lowest BCUT2D eigenvalue weighted by molar-refractivity contribution is 0.0940. The Labute approximate surface area is 108 Å². The first-order chi connectivity index (χ1) is 9.10. The van der Waals surface area contributed by atoms with Crippen LogP contribution in [-0.2, 0) is 13.0 Å². The molecule has 0 saturated carbocycles. The lowest BCUT2D eigenvalue weighted by Gasteiger charge is -2.04. The molecule has 19 heavy (non-hydrogen) atoms. The minimum Gasteiger partial charge on any atom is -0.345 e. The molecule has 1 heterocycles. The minimum atomic E-state index is -0.578. The average molecular weight is 266 g/mol. The topological polar surface area (TPSA) is 70.7 Å². The Morgan fingerprint density at radius 3 is 2.89 bits per heavy atom. The number of benzene rings is 1. The summed E-state index contributed by atoms with van der Waals surface area (Å²) in [6.45, 7) is 1.74. The van der Waals surface area contributed by atoms with Gasteiger partial charge in [-0.25, -0.2) is 13.8 Å². The van der Waals surface area contributed by atoms with Gasteiger partial charge in [0.25, 0.3) is 5.91 Å². The van der Waals surface area contributed by atoms with Crippen LogP contribution in [0.1, 0.15) is 28.9 Å². The van der Waals surface area contributed by atoms with Crippen LogP contribution in [0.4, 0.5) is 8.78 Å². The van der Waals surface area contributed by atoms with Crippen LogP contribution >= 0.6 is 0 Å². The number of aromatic nitrogens is 3. The summed E-state index contributed by atoms with van der Waals surface area (Å²) in [6, 6.07) is 3.06. The van der Waals surface area contributed by atoms with Gasteiger partial charge in [0.05, 0.1) is 0 Å². The van der Waals surface area contributed by atoms with Crippen molar-refractivity contribution in [2.24, 2.45) is 0 Å². The van der Waals surface area contributed by atoms with Crippen LogP contribution in [0.15, 0.2) is 18.2 Å². The van der Waals surface area contributed by atoms with Crippen LogP contribution in [0.2, 0.25) is 0 Å². The highest BCUT2D eigenvalue weighted by Gasteiger charge is 2.12. The van der Waals surface area contributed by atoms with E-state index < -0.39 is 17.5 Å². The van der Waals surface area contributed by atoms with Crippen LogP contribution in [0, 0.1) is 11.6 Å². The molecule has 2 N–H and O–H groups in total. The van der Waals surface area contributed by atoms with Gasteiger partial charge in [-0.2, -0.15) is 0 Å². The average Bonchev–Trinajstić information content (AvgIpc) is 2.88. The molecule has 0 aliphatic rings. The minimum absolute atomic E-state index is 0.0198. The number of carbonyl (C=O) groups excluding carboxylic acids is 1. The maximum Gasteiger partial charge on any atom is 0.291 e. The SMILES string of the molecule is CCc1nc(C(=O)NCc2cc(F)ccc2F)n[nH]1. The third kappa shape index (κ3) is 3.12. The monoisotopic (exact) mass is 266 g/mol. The van der Waals surface area contributed by atoms with Gasteiger partial charge in [-0.3, -0.25) is 9.89 Å². The van der Waals surface area contributed by atoms with Gasteiger partial charge in [-0.05, 0) is 18.2 Å². The van der Waals surface area contributed by atoms with E-state index in [0.29, 0.717) is 12.2 Å². The van der Waals surface area contributed by atoms with E-state index in [2.05, 4.69) is 20.5 Å². The lowest BCUT2D eigenvalue weighted by Crippen LogP contribution is -2.24. The Morgan fingerprint density at radius 1 is 1.42 bits per heavy atom. The maximum absolute atomic E-state index is 13.3. The number of hydrogen-bond acceptors (Lipinski definition) is 3. The van der Waals surface area contributed by atoms with Crippen molar-refractivity contribution in [1.29, 1.82) is 0 Å². The van der Waals surface area contributed by atoms with Gasteiger partial charge < -0.3 is 5.32 Å². The van der Waals surface area contributed by atoms with Gasteiger partial charge in [0.2, 0.25) is 5.82 Å². The molecule has 5 nitrogen and oxygen atoms in total. The molecular formula is C12H12F2N4O. The number of aromatic amines is 1. The summed E-state index contributed by atoms with van der Waals surface area (Å²) in [7, 11) is 0. The number of hydrogen-bond donors (Lipinski definition) is 2.